The number of carbonyl (C=O) groups is 1. The van der Waals surface area contributed by atoms with Crippen molar-refractivity contribution >= 4 is 39.2 Å². The summed E-state index contributed by atoms with van der Waals surface area (Å²) in [6, 6.07) is 2.27. The molecule has 0 bridgehead atoms. The first kappa shape index (κ1) is 18.1. The van der Waals surface area contributed by atoms with E-state index in [2.05, 4.69) is 4.72 Å². The fraction of sp³-hybridized carbons (Fsp3) is 0.364. The van der Waals surface area contributed by atoms with Crippen LogP contribution < -0.4 is 4.72 Å². The normalized spacial score (nSPS) is 11.6. The van der Waals surface area contributed by atoms with Crippen molar-refractivity contribution in [3.63, 3.8) is 0 Å². The zero-order valence-corrected chi connectivity index (χ0v) is 13.0. The van der Waals surface area contributed by atoms with Crippen molar-refractivity contribution in [1.82, 2.24) is 4.72 Å². The Hall–Kier alpha value is -0.900. The standard InChI is InChI=1S/C11H13Cl2NO6S/c12-7-1-2-8(10(13)9(7)11(16)17)21(18,19)14-3-5-20-6-4-15/h1-2,14-15H,3-6H2,(H,16,17). The van der Waals surface area contributed by atoms with E-state index in [4.69, 9.17) is 38.2 Å². The quantitative estimate of drug-likeness (QED) is 0.597. The third-order valence-electron chi connectivity index (χ3n) is 2.33. The molecule has 1 aromatic rings. The monoisotopic (exact) mass is 357 g/mol. The average Bonchev–Trinajstić information content (AvgIpc) is 2.37. The lowest BCUT2D eigenvalue weighted by molar-refractivity contribution is 0.0697. The Bertz CT molecular complexity index is 619. The van der Waals surface area contributed by atoms with Gasteiger partial charge in [-0.2, -0.15) is 0 Å². The Morgan fingerprint density at radius 1 is 1.29 bits per heavy atom. The van der Waals surface area contributed by atoms with E-state index in [-0.39, 0.29) is 36.3 Å². The molecule has 0 fully saturated rings. The molecule has 0 amide bonds. The summed E-state index contributed by atoms with van der Waals surface area (Å²) >= 11 is 11.5. The van der Waals surface area contributed by atoms with E-state index in [1.54, 1.807) is 0 Å². The largest absolute Gasteiger partial charge is 0.478 e. The number of aliphatic hydroxyl groups is 1. The number of carboxylic acids is 1. The maximum atomic E-state index is 12.0. The zero-order valence-electron chi connectivity index (χ0n) is 10.7. The van der Waals surface area contributed by atoms with E-state index < -0.39 is 26.6 Å². The predicted octanol–water partition coefficient (Wildman–Crippen LogP) is 0.979. The number of hydrogen-bond acceptors (Lipinski definition) is 5. The number of benzene rings is 1. The second-order valence-corrected chi connectivity index (χ2v) is 6.29. The number of hydrogen-bond donors (Lipinski definition) is 3. The lowest BCUT2D eigenvalue weighted by Gasteiger charge is -2.11. The van der Waals surface area contributed by atoms with E-state index in [0.29, 0.717) is 0 Å². The van der Waals surface area contributed by atoms with Crippen LogP contribution in [-0.4, -0.2) is 51.0 Å². The number of nitrogens with one attached hydrogen (secondary N) is 1. The van der Waals surface area contributed by atoms with Gasteiger partial charge in [-0.1, -0.05) is 23.2 Å². The highest BCUT2D eigenvalue weighted by molar-refractivity contribution is 7.89. The van der Waals surface area contributed by atoms with Gasteiger partial charge in [-0.3, -0.25) is 0 Å². The van der Waals surface area contributed by atoms with Crippen LogP contribution in [0.3, 0.4) is 0 Å². The summed E-state index contributed by atoms with van der Waals surface area (Å²) in [5, 5.41) is 16.9. The minimum absolute atomic E-state index is 0.0519. The first-order valence-electron chi connectivity index (χ1n) is 5.71. The van der Waals surface area contributed by atoms with Gasteiger partial charge in [-0.25, -0.2) is 17.9 Å². The number of rotatable bonds is 8. The van der Waals surface area contributed by atoms with Gasteiger partial charge in [0.15, 0.2) is 0 Å². The molecule has 0 heterocycles. The molecule has 0 aliphatic heterocycles. The van der Waals surface area contributed by atoms with Gasteiger partial charge in [0.2, 0.25) is 10.0 Å². The van der Waals surface area contributed by atoms with E-state index in [9.17, 15) is 13.2 Å². The molecular weight excluding hydrogens is 345 g/mol. The Kier molecular flexibility index (Phi) is 6.85. The minimum atomic E-state index is -4.00. The second-order valence-electron chi connectivity index (χ2n) is 3.77. The maximum Gasteiger partial charge on any atom is 0.338 e. The summed E-state index contributed by atoms with van der Waals surface area (Å²) in [5.74, 6) is -1.42. The van der Waals surface area contributed by atoms with Crippen LogP contribution in [0.15, 0.2) is 17.0 Å². The molecule has 3 N–H and O–H groups in total. The van der Waals surface area contributed by atoms with Crippen molar-refractivity contribution in [2.24, 2.45) is 0 Å². The Balaban J connectivity index is 2.94. The predicted molar refractivity (Wildman–Crippen MR) is 76.5 cm³/mol. The topological polar surface area (TPSA) is 113 Å². The van der Waals surface area contributed by atoms with Crippen LogP contribution in [0.2, 0.25) is 10.0 Å². The van der Waals surface area contributed by atoms with Crippen LogP contribution >= 0.6 is 23.2 Å². The number of carboxylic acid groups (broad SMARTS) is 1. The molecule has 1 aromatic carbocycles. The highest BCUT2D eigenvalue weighted by Crippen LogP contribution is 2.30. The number of ether oxygens (including phenoxy) is 1. The summed E-state index contributed by atoms with van der Waals surface area (Å²) in [4.78, 5) is 10.6. The summed E-state index contributed by atoms with van der Waals surface area (Å²) in [6.07, 6.45) is 0. The van der Waals surface area contributed by atoms with E-state index in [1.165, 1.54) is 0 Å². The van der Waals surface area contributed by atoms with Gasteiger partial charge in [0.05, 0.1) is 35.4 Å². The van der Waals surface area contributed by atoms with Crippen LogP contribution in [-0.2, 0) is 14.8 Å². The SMILES string of the molecule is O=C(O)c1c(Cl)ccc(S(=O)(=O)NCCOCCO)c1Cl. The fourth-order valence-corrected chi connectivity index (χ4v) is 3.36. The highest BCUT2D eigenvalue weighted by Gasteiger charge is 2.24. The number of sulfonamides is 1. The molecule has 0 saturated carbocycles. The molecule has 0 aliphatic carbocycles. The summed E-state index contributed by atoms with van der Waals surface area (Å²) in [7, 11) is -4.00. The van der Waals surface area contributed by atoms with Crippen molar-refractivity contribution in [3.05, 3.63) is 27.7 Å². The van der Waals surface area contributed by atoms with E-state index in [1.807, 2.05) is 0 Å². The molecule has 0 spiro atoms. The molecule has 0 atom stereocenters. The van der Waals surface area contributed by atoms with Gasteiger partial charge in [0, 0.05) is 6.54 Å². The molecule has 7 nitrogen and oxygen atoms in total. The first-order valence-corrected chi connectivity index (χ1v) is 7.94. The zero-order chi connectivity index (χ0) is 16.0. The van der Waals surface area contributed by atoms with Crippen LogP contribution in [0.25, 0.3) is 0 Å². The van der Waals surface area contributed by atoms with Crippen LogP contribution in [0.5, 0.6) is 0 Å². The van der Waals surface area contributed by atoms with Crippen LogP contribution in [0.1, 0.15) is 10.4 Å². The number of aliphatic hydroxyl groups excluding tert-OH is 1. The molecule has 1 rings (SSSR count). The van der Waals surface area contributed by atoms with Gasteiger partial charge in [0.1, 0.15) is 4.90 Å². The van der Waals surface area contributed by atoms with Crippen molar-refractivity contribution in [3.8, 4) is 0 Å². The highest BCUT2D eigenvalue weighted by atomic mass is 35.5. The summed E-state index contributed by atoms with van der Waals surface area (Å²) in [6.45, 7) is -0.0786. The molecule has 0 aromatic heterocycles. The van der Waals surface area contributed by atoms with Crippen LogP contribution in [0.4, 0.5) is 0 Å². The second kappa shape index (κ2) is 7.92. The molecule has 10 heteroatoms. The molecule has 0 radical (unpaired) electrons. The lowest BCUT2D eigenvalue weighted by atomic mass is 10.2. The van der Waals surface area contributed by atoms with Gasteiger partial charge >= 0.3 is 5.97 Å². The molecule has 0 aliphatic rings. The Morgan fingerprint density at radius 2 is 1.95 bits per heavy atom. The first-order chi connectivity index (χ1) is 9.81. The summed E-state index contributed by atoms with van der Waals surface area (Å²) in [5.41, 5.74) is -0.474. The van der Waals surface area contributed by atoms with E-state index in [0.717, 1.165) is 12.1 Å². The number of aromatic carboxylic acids is 1. The van der Waals surface area contributed by atoms with Crippen molar-refractivity contribution < 1.29 is 28.2 Å². The molecular formula is C11H13Cl2NO6S. The van der Waals surface area contributed by atoms with Gasteiger partial charge in [-0.15, -0.1) is 0 Å². The van der Waals surface area contributed by atoms with Crippen LogP contribution in [0, 0.1) is 0 Å². The maximum absolute atomic E-state index is 12.0. The van der Waals surface area contributed by atoms with Gasteiger partial charge < -0.3 is 14.9 Å². The molecule has 21 heavy (non-hydrogen) atoms. The third kappa shape index (κ3) is 4.80. The number of halogens is 2. The lowest BCUT2D eigenvalue weighted by Crippen LogP contribution is -2.28. The molecule has 0 saturated heterocycles. The average molecular weight is 358 g/mol. The Morgan fingerprint density at radius 3 is 2.52 bits per heavy atom. The smallest absolute Gasteiger partial charge is 0.338 e. The Labute approximate surface area is 131 Å². The molecule has 0 unspecified atom stereocenters. The van der Waals surface area contributed by atoms with Gasteiger partial charge in [0.25, 0.3) is 0 Å². The summed E-state index contributed by atoms with van der Waals surface area (Å²) < 4.78 is 31.2. The van der Waals surface area contributed by atoms with Crippen molar-refractivity contribution in [1.29, 1.82) is 0 Å². The van der Waals surface area contributed by atoms with Crippen molar-refractivity contribution in [2.45, 2.75) is 4.90 Å². The third-order valence-corrected chi connectivity index (χ3v) is 4.66. The fourth-order valence-electron chi connectivity index (χ4n) is 1.43. The van der Waals surface area contributed by atoms with E-state index >= 15 is 0 Å². The molecule has 118 valence electrons. The van der Waals surface area contributed by atoms with Gasteiger partial charge in [-0.05, 0) is 12.1 Å². The van der Waals surface area contributed by atoms with Crippen molar-refractivity contribution in [2.75, 3.05) is 26.4 Å². The minimum Gasteiger partial charge on any atom is -0.478 e.